The molecule has 0 fully saturated rings. The Bertz CT molecular complexity index is 539. The van der Waals surface area contributed by atoms with Crippen LogP contribution in [0.15, 0.2) is 22.7 Å². The number of thiazole rings is 1. The van der Waals surface area contributed by atoms with Gasteiger partial charge in [-0.2, -0.15) is 0 Å². The zero-order chi connectivity index (χ0) is 14.0. The Kier molecular flexibility index (Phi) is 4.65. The van der Waals surface area contributed by atoms with Crippen molar-refractivity contribution in [3.63, 3.8) is 0 Å². The molecule has 6 heteroatoms. The first-order valence-corrected chi connectivity index (χ1v) is 8.48. The molecule has 1 atom stereocenters. The fourth-order valence-corrected chi connectivity index (χ4v) is 4.55. The van der Waals surface area contributed by atoms with Crippen LogP contribution in [0.3, 0.4) is 0 Å². The molecule has 0 aliphatic carbocycles. The first kappa shape index (κ1) is 14.6. The summed E-state index contributed by atoms with van der Waals surface area (Å²) in [4.78, 5) is 10.8. The second-order valence-corrected chi connectivity index (χ2v) is 7.61. The molecule has 0 aliphatic rings. The summed E-state index contributed by atoms with van der Waals surface area (Å²) in [6, 6.07) is 4.58. The van der Waals surface area contributed by atoms with E-state index in [9.17, 15) is 4.21 Å². The Labute approximate surface area is 120 Å². The number of pyridine rings is 1. The number of nitrogens with zero attached hydrogens (tertiary/aromatic N) is 3. The number of aromatic nitrogens is 2. The third-order valence-corrected chi connectivity index (χ3v) is 5.56. The predicted octanol–water partition coefficient (Wildman–Crippen LogP) is 2.88. The average Bonchev–Trinajstić information content (AvgIpc) is 2.78. The molecule has 0 spiro atoms. The van der Waals surface area contributed by atoms with E-state index in [-0.39, 0.29) is 0 Å². The van der Waals surface area contributed by atoms with Gasteiger partial charge in [-0.15, -0.1) is 11.3 Å². The molecule has 19 heavy (non-hydrogen) atoms. The number of rotatable bonds is 5. The van der Waals surface area contributed by atoms with Gasteiger partial charge >= 0.3 is 0 Å². The Balaban J connectivity index is 2.19. The summed E-state index contributed by atoms with van der Waals surface area (Å²) < 4.78 is 14.1. The Morgan fingerprint density at radius 1 is 1.32 bits per heavy atom. The fourth-order valence-electron chi connectivity index (χ4n) is 1.93. The van der Waals surface area contributed by atoms with Crippen molar-refractivity contribution in [1.29, 1.82) is 0 Å². The van der Waals surface area contributed by atoms with Gasteiger partial charge in [0.2, 0.25) is 0 Å². The van der Waals surface area contributed by atoms with Crippen LogP contribution in [-0.2, 0) is 10.8 Å². The molecule has 104 valence electrons. The largest absolute Gasteiger partial charge is 0.287 e. The normalized spacial score (nSPS) is 13.8. The minimum Gasteiger partial charge on any atom is -0.287 e. The molecule has 0 saturated carbocycles. The highest BCUT2D eigenvalue weighted by Crippen LogP contribution is 2.23. The summed E-state index contributed by atoms with van der Waals surface area (Å²) in [5.41, 5.74) is 0.691. The summed E-state index contributed by atoms with van der Waals surface area (Å²) >= 11 is 1.47. The number of hydrogen-bond donors (Lipinski definition) is 0. The lowest BCUT2D eigenvalue weighted by Gasteiger charge is -2.29. The minimum absolute atomic E-state index is 0.372. The SMILES string of the molecule is CC(C)N(CS(=O)c1nc2ncccc2s1)C(C)C. The van der Waals surface area contributed by atoms with Crippen molar-refractivity contribution in [2.24, 2.45) is 0 Å². The maximum Gasteiger partial charge on any atom is 0.184 e. The van der Waals surface area contributed by atoms with E-state index < -0.39 is 10.8 Å². The minimum atomic E-state index is -1.09. The molecular weight excluding hydrogens is 278 g/mol. The van der Waals surface area contributed by atoms with Crippen molar-refractivity contribution in [3.8, 4) is 0 Å². The van der Waals surface area contributed by atoms with E-state index in [0.717, 1.165) is 4.70 Å². The lowest BCUT2D eigenvalue weighted by atomic mass is 10.2. The van der Waals surface area contributed by atoms with Gasteiger partial charge in [0.25, 0.3) is 0 Å². The van der Waals surface area contributed by atoms with Crippen LogP contribution in [0.2, 0.25) is 0 Å². The summed E-state index contributed by atoms with van der Waals surface area (Å²) in [7, 11) is -1.09. The van der Waals surface area contributed by atoms with E-state index in [1.165, 1.54) is 11.3 Å². The van der Waals surface area contributed by atoms with Crippen molar-refractivity contribution >= 4 is 32.5 Å². The summed E-state index contributed by atoms with van der Waals surface area (Å²) in [6.45, 7) is 8.49. The molecule has 0 amide bonds. The highest BCUT2D eigenvalue weighted by atomic mass is 32.2. The van der Waals surface area contributed by atoms with Gasteiger partial charge in [-0.1, -0.05) is 0 Å². The van der Waals surface area contributed by atoms with Crippen molar-refractivity contribution in [3.05, 3.63) is 18.3 Å². The highest BCUT2D eigenvalue weighted by Gasteiger charge is 2.19. The molecular formula is C13H19N3OS2. The summed E-state index contributed by atoms with van der Waals surface area (Å²) in [5.74, 6) is 0.523. The predicted molar refractivity (Wildman–Crippen MR) is 80.8 cm³/mol. The van der Waals surface area contributed by atoms with Crippen molar-refractivity contribution in [2.45, 2.75) is 44.1 Å². The zero-order valence-corrected chi connectivity index (χ0v) is 13.3. The van der Waals surface area contributed by atoms with Crippen molar-refractivity contribution in [1.82, 2.24) is 14.9 Å². The van der Waals surface area contributed by atoms with Crippen LogP contribution in [0.1, 0.15) is 27.7 Å². The molecule has 0 N–H and O–H groups in total. The highest BCUT2D eigenvalue weighted by molar-refractivity contribution is 7.87. The van der Waals surface area contributed by atoms with E-state index in [2.05, 4.69) is 42.6 Å². The van der Waals surface area contributed by atoms with Crippen LogP contribution in [0.25, 0.3) is 10.3 Å². The second kappa shape index (κ2) is 6.07. The molecule has 4 nitrogen and oxygen atoms in total. The standard InChI is InChI=1S/C13H19N3OS2/c1-9(2)16(10(3)4)8-19(17)13-15-12-11(18-13)6-5-7-14-12/h5-7,9-10H,8H2,1-4H3. The van der Waals surface area contributed by atoms with Gasteiger partial charge in [-0.05, 0) is 39.8 Å². The maximum absolute atomic E-state index is 12.4. The third kappa shape index (κ3) is 3.38. The molecule has 1 unspecified atom stereocenters. The maximum atomic E-state index is 12.4. The van der Waals surface area contributed by atoms with Gasteiger partial charge in [0.15, 0.2) is 9.99 Å². The van der Waals surface area contributed by atoms with Crippen molar-refractivity contribution < 1.29 is 4.21 Å². The molecule has 2 heterocycles. The Hall–Kier alpha value is -0.850. The smallest absolute Gasteiger partial charge is 0.184 e. The first-order chi connectivity index (χ1) is 8.99. The third-order valence-electron chi connectivity index (χ3n) is 2.93. The summed E-state index contributed by atoms with van der Waals surface area (Å²) in [6.07, 6.45) is 1.71. The molecule has 0 bridgehead atoms. The van der Waals surface area contributed by atoms with E-state index >= 15 is 0 Å². The average molecular weight is 297 g/mol. The quantitative estimate of drug-likeness (QED) is 0.851. The van der Waals surface area contributed by atoms with E-state index in [1.54, 1.807) is 6.20 Å². The topological polar surface area (TPSA) is 46.1 Å². The Morgan fingerprint density at radius 3 is 2.58 bits per heavy atom. The molecule has 2 aromatic rings. The van der Waals surface area contributed by atoms with Gasteiger partial charge in [0, 0.05) is 18.3 Å². The first-order valence-electron chi connectivity index (χ1n) is 6.34. The van der Waals surface area contributed by atoms with Crippen LogP contribution >= 0.6 is 11.3 Å². The molecule has 0 aliphatic heterocycles. The molecule has 0 saturated heterocycles. The number of fused-ring (bicyclic) bond motifs is 1. The van der Waals surface area contributed by atoms with Crippen LogP contribution in [0.4, 0.5) is 0 Å². The summed E-state index contributed by atoms with van der Waals surface area (Å²) in [5, 5.41) is 0. The van der Waals surface area contributed by atoms with E-state index in [1.807, 2.05) is 12.1 Å². The van der Waals surface area contributed by atoms with Crippen molar-refractivity contribution in [2.75, 3.05) is 5.88 Å². The molecule has 2 rings (SSSR count). The van der Waals surface area contributed by atoms with Crippen LogP contribution in [0.5, 0.6) is 0 Å². The molecule has 0 aromatic carbocycles. The van der Waals surface area contributed by atoms with E-state index in [4.69, 9.17) is 0 Å². The monoisotopic (exact) mass is 297 g/mol. The zero-order valence-electron chi connectivity index (χ0n) is 11.7. The van der Waals surface area contributed by atoms with Gasteiger partial charge in [-0.3, -0.25) is 9.11 Å². The van der Waals surface area contributed by atoms with Crippen LogP contribution in [0, 0.1) is 0 Å². The lowest BCUT2D eigenvalue weighted by molar-refractivity contribution is 0.208. The number of hydrogen-bond acceptors (Lipinski definition) is 5. The van der Waals surface area contributed by atoms with Crippen LogP contribution < -0.4 is 0 Å². The van der Waals surface area contributed by atoms with Gasteiger partial charge in [0.05, 0.1) is 21.4 Å². The molecule has 2 aromatic heterocycles. The van der Waals surface area contributed by atoms with Gasteiger partial charge in [-0.25, -0.2) is 9.97 Å². The lowest BCUT2D eigenvalue weighted by Crippen LogP contribution is -2.39. The second-order valence-electron chi connectivity index (χ2n) is 4.98. The van der Waals surface area contributed by atoms with Gasteiger partial charge in [0.1, 0.15) is 0 Å². The van der Waals surface area contributed by atoms with Gasteiger partial charge < -0.3 is 0 Å². The molecule has 0 radical (unpaired) electrons. The van der Waals surface area contributed by atoms with E-state index in [0.29, 0.717) is 27.9 Å². The fraction of sp³-hybridized carbons (Fsp3) is 0.538. The van der Waals surface area contributed by atoms with Crippen LogP contribution in [-0.4, -0.2) is 37.0 Å². The Morgan fingerprint density at radius 2 is 2.00 bits per heavy atom.